The van der Waals surface area contributed by atoms with E-state index in [9.17, 15) is 4.79 Å². The molecule has 116 valence electrons. The highest BCUT2D eigenvalue weighted by Crippen LogP contribution is 2.60. The second kappa shape index (κ2) is 5.26. The third kappa shape index (κ3) is 2.39. The van der Waals surface area contributed by atoms with Crippen LogP contribution >= 0.6 is 0 Å². The molecule has 1 aromatic carbocycles. The second-order valence-corrected chi connectivity index (χ2v) is 7.68. The molecular weight excluding hydrogens is 272 g/mol. The highest BCUT2D eigenvalue weighted by molar-refractivity contribution is 5.86. The molecule has 0 atom stereocenters. The van der Waals surface area contributed by atoms with Crippen LogP contribution in [-0.4, -0.2) is 13.1 Å². The van der Waals surface area contributed by atoms with Gasteiger partial charge in [0.2, 0.25) is 0 Å². The van der Waals surface area contributed by atoms with Gasteiger partial charge in [0.25, 0.3) is 0 Å². The number of esters is 1. The lowest BCUT2D eigenvalue weighted by atomic mass is 9.48. The summed E-state index contributed by atoms with van der Waals surface area (Å²) in [6.07, 6.45) is 12.0. The molecule has 0 aromatic heterocycles. The van der Waals surface area contributed by atoms with Gasteiger partial charge in [0, 0.05) is 6.08 Å². The van der Waals surface area contributed by atoms with Crippen LogP contribution in [0.2, 0.25) is 0 Å². The fourth-order valence-electron chi connectivity index (χ4n) is 5.64. The molecule has 4 aliphatic carbocycles. The Morgan fingerprint density at radius 1 is 1.05 bits per heavy atom. The Kier molecular flexibility index (Phi) is 3.36. The quantitative estimate of drug-likeness (QED) is 0.612. The van der Waals surface area contributed by atoms with Crippen LogP contribution in [0.25, 0.3) is 6.08 Å². The third-order valence-electron chi connectivity index (χ3n) is 6.17. The highest BCUT2D eigenvalue weighted by atomic mass is 16.5. The first kappa shape index (κ1) is 14.0. The number of carbonyl (C=O) groups is 1. The zero-order valence-electron chi connectivity index (χ0n) is 13.3. The van der Waals surface area contributed by atoms with Gasteiger partial charge in [-0.2, -0.15) is 0 Å². The molecule has 0 spiro atoms. The van der Waals surface area contributed by atoms with Crippen molar-refractivity contribution in [2.24, 2.45) is 17.8 Å². The minimum Gasteiger partial charge on any atom is -0.466 e. The van der Waals surface area contributed by atoms with E-state index in [4.69, 9.17) is 0 Å². The van der Waals surface area contributed by atoms with Crippen molar-refractivity contribution in [3.05, 3.63) is 41.5 Å². The van der Waals surface area contributed by atoms with E-state index >= 15 is 0 Å². The van der Waals surface area contributed by atoms with Gasteiger partial charge in [0.05, 0.1) is 7.11 Å². The maximum Gasteiger partial charge on any atom is 0.330 e. The van der Waals surface area contributed by atoms with E-state index in [-0.39, 0.29) is 5.97 Å². The fourth-order valence-corrected chi connectivity index (χ4v) is 5.64. The van der Waals surface area contributed by atoms with Crippen LogP contribution in [0.1, 0.15) is 49.7 Å². The minimum atomic E-state index is -0.301. The molecule has 0 heterocycles. The van der Waals surface area contributed by atoms with Gasteiger partial charge in [0.1, 0.15) is 0 Å². The normalized spacial score (nSPS) is 36.0. The molecule has 0 amide bonds. The van der Waals surface area contributed by atoms with Crippen molar-refractivity contribution in [3.63, 3.8) is 0 Å². The minimum absolute atomic E-state index is 0.301. The molecular formula is C20H24O2. The Hall–Kier alpha value is -1.57. The molecule has 0 radical (unpaired) electrons. The summed E-state index contributed by atoms with van der Waals surface area (Å²) in [4.78, 5) is 11.2. The molecule has 2 nitrogen and oxygen atoms in total. The van der Waals surface area contributed by atoms with Crippen LogP contribution in [0, 0.1) is 17.8 Å². The van der Waals surface area contributed by atoms with Crippen molar-refractivity contribution < 1.29 is 9.53 Å². The average Bonchev–Trinajstić information content (AvgIpc) is 2.51. The van der Waals surface area contributed by atoms with Gasteiger partial charge in [-0.25, -0.2) is 4.79 Å². The lowest BCUT2D eigenvalue weighted by Crippen LogP contribution is -2.48. The van der Waals surface area contributed by atoms with Gasteiger partial charge in [-0.1, -0.05) is 24.3 Å². The maximum absolute atomic E-state index is 11.2. The monoisotopic (exact) mass is 296 g/mol. The summed E-state index contributed by atoms with van der Waals surface area (Å²) in [5, 5.41) is 0. The molecule has 22 heavy (non-hydrogen) atoms. The zero-order valence-corrected chi connectivity index (χ0v) is 13.3. The molecule has 1 aromatic rings. The standard InChI is InChI=1S/C20H24O2/c1-22-19(21)7-4-14-2-5-18(6-3-14)20-11-15-8-16(12-20)10-17(9-15)13-20/h2-7,15-17H,8-13H2,1H3/b7-4+. The first-order valence-corrected chi connectivity index (χ1v) is 8.53. The number of hydrogen-bond acceptors (Lipinski definition) is 2. The van der Waals surface area contributed by atoms with E-state index in [0.29, 0.717) is 5.41 Å². The maximum atomic E-state index is 11.2. The van der Waals surface area contributed by atoms with Gasteiger partial charge >= 0.3 is 5.97 Å². The van der Waals surface area contributed by atoms with Gasteiger partial charge < -0.3 is 4.74 Å². The number of methoxy groups -OCH3 is 1. The van der Waals surface area contributed by atoms with E-state index in [1.807, 2.05) is 6.08 Å². The first-order valence-electron chi connectivity index (χ1n) is 8.53. The Bertz CT molecular complexity index is 561. The van der Waals surface area contributed by atoms with Gasteiger partial charge in [0.15, 0.2) is 0 Å². The number of hydrogen-bond donors (Lipinski definition) is 0. The number of ether oxygens (including phenoxy) is 1. The molecule has 0 aliphatic heterocycles. The van der Waals surface area contributed by atoms with Crippen LogP contribution in [-0.2, 0) is 14.9 Å². The molecule has 5 rings (SSSR count). The molecule has 4 fully saturated rings. The van der Waals surface area contributed by atoms with Crippen LogP contribution in [0.4, 0.5) is 0 Å². The van der Waals surface area contributed by atoms with E-state index in [0.717, 1.165) is 23.3 Å². The number of benzene rings is 1. The Morgan fingerprint density at radius 2 is 1.59 bits per heavy atom. The van der Waals surface area contributed by atoms with Crippen LogP contribution in [0.5, 0.6) is 0 Å². The summed E-state index contributed by atoms with van der Waals surface area (Å²) in [7, 11) is 1.41. The van der Waals surface area contributed by atoms with Crippen LogP contribution in [0.3, 0.4) is 0 Å². The van der Waals surface area contributed by atoms with E-state index < -0.39 is 0 Å². The Morgan fingerprint density at radius 3 is 2.09 bits per heavy atom. The lowest BCUT2D eigenvalue weighted by molar-refractivity contribution is -0.134. The number of rotatable bonds is 3. The van der Waals surface area contributed by atoms with E-state index in [1.54, 1.807) is 0 Å². The largest absolute Gasteiger partial charge is 0.466 e. The summed E-state index contributed by atoms with van der Waals surface area (Å²) in [5.41, 5.74) is 3.06. The lowest BCUT2D eigenvalue weighted by Gasteiger charge is -2.57. The predicted octanol–water partition coefficient (Wildman–Crippen LogP) is 4.34. The summed E-state index contributed by atoms with van der Waals surface area (Å²) < 4.78 is 4.63. The SMILES string of the molecule is COC(=O)/C=C/c1ccc(C23CC4CC(CC(C4)C2)C3)cc1. The average molecular weight is 296 g/mol. The predicted molar refractivity (Wildman–Crippen MR) is 87.3 cm³/mol. The molecule has 4 saturated carbocycles. The third-order valence-corrected chi connectivity index (χ3v) is 6.17. The van der Waals surface area contributed by atoms with Crippen molar-refractivity contribution in [2.45, 2.75) is 43.9 Å². The smallest absolute Gasteiger partial charge is 0.330 e. The number of carbonyl (C=O) groups excluding carboxylic acids is 1. The molecule has 4 bridgehead atoms. The van der Waals surface area contributed by atoms with Crippen molar-refractivity contribution in [1.82, 2.24) is 0 Å². The van der Waals surface area contributed by atoms with Crippen LogP contribution in [0.15, 0.2) is 30.3 Å². The first-order chi connectivity index (χ1) is 10.7. The van der Waals surface area contributed by atoms with Gasteiger partial charge in [-0.15, -0.1) is 0 Å². The Balaban J connectivity index is 1.56. The fraction of sp³-hybridized carbons (Fsp3) is 0.550. The van der Waals surface area contributed by atoms with Crippen molar-refractivity contribution in [3.8, 4) is 0 Å². The van der Waals surface area contributed by atoms with E-state index in [2.05, 4.69) is 29.0 Å². The topological polar surface area (TPSA) is 26.3 Å². The summed E-state index contributed by atoms with van der Waals surface area (Å²) in [5.74, 6) is 2.63. The molecule has 0 saturated heterocycles. The molecule has 0 N–H and O–H groups in total. The van der Waals surface area contributed by atoms with Crippen molar-refractivity contribution in [1.29, 1.82) is 0 Å². The van der Waals surface area contributed by atoms with Crippen molar-refractivity contribution >= 4 is 12.0 Å². The zero-order chi connectivity index (χ0) is 15.2. The summed E-state index contributed by atoms with van der Waals surface area (Å²) >= 11 is 0. The highest BCUT2D eigenvalue weighted by Gasteiger charge is 2.51. The second-order valence-electron chi connectivity index (χ2n) is 7.68. The molecule has 0 unspecified atom stereocenters. The van der Waals surface area contributed by atoms with Crippen molar-refractivity contribution in [2.75, 3.05) is 7.11 Å². The molecule has 2 heteroatoms. The van der Waals surface area contributed by atoms with E-state index in [1.165, 1.54) is 57.3 Å². The summed E-state index contributed by atoms with van der Waals surface area (Å²) in [6.45, 7) is 0. The van der Waals surface area contributed by atoms with Gasteiger partial charge in [-0.05, 0) is 78.9 Å². The Labute approximate surface area is 132 Å². The van der Waals surface area contributed by atoms with Gasteiger partial charge in [-0.3, -0.25) is 0 Å². The van der Waals surface area contributed by atoms with Crippen LogP contribution < -0.4 is 0 Å². The molecule has 4 aliphatic rings. The summed E-state index contributed by atoms with van der Waals surface area (Å²) in [6, 6.07) is 8.88.